The maximum Gasteiger partial charge on any atom is 0.241 e. The third kappa shape index (κ3) is 3.79. The van der Waals surface area contributed by atoms with Crippen LogP contribution < -0.4 is 4.72 Å². The van der Waals surface area contributed by atoms with E-state index in [2.05, 4.69) is 4.72 Å². The Morgan fingerprint density at radius 1 is 1.15 bits per heavy atom. The third-order valence-corrected chi connectivity index (χ3v) is 5.65. The summed E-state index contributed by atoms with van der Waals surface area (Å²) in [5.74, 6) is -0.113. The van der Waals surface area contributed by atoms with E-state index in [1.54, 1.807) is 13.8 Å². The van der Waals surface area contributed by atoms with Crippen LogP contribution in [-0.4, -0.2) is 14.5 Å². The molecule has 0 fully saturated rings. The summed E-state index contributed by atoms with van der Waals surface area (Å²) in [5, 5.41) is 0. The number of benzene rings is 1. The molecule has 1 unspecified atom stereocenters. The van der Waals surface area contributed by atoms with E-state index in [0.29, 0.717) is 17.0 Å². The highest BCUT2D eigenvalue weighted by Crippen LogP contribution is 2.23. The van der Waals surface area contributed by atoms with Crippen molar-refractivity contribution >= 4 is 10.0 Å². The van der Waals surface area contributed by atoms with Gasteiger partial charge >= 0.3 is 0 Å². The van der Waals surface area contributed by atoms with E-state index >= 15 is 0 Å². The van der Waals surface area contributed by atoms with Gasteiger partial charge in [0, 0.05) is 6.04 Å². The molecule has 5 heteroatoms. The van der Waals surface area contributed by atoms with Gasteiger partial charge in [-0.3, -0.25) is 0 Å². The van der Waals surface area contributed by atoms with Crippen molar-refractivity contribution in [2.75, 3.05) is 0 Å². The van der Waals surface area contributed by atoms with Gasteiger partial charge in [0.05, 0.1) is 4.90 Å². The summed E-state index contributed by atoms with van der Waals surface area (Å²) in [5.41, 5.74) is 0.874. The maximum atomic E-state index is 13.3. The number of aryl methyl sites for hydroxylation is 2. The molecule has 0 bridgehead atoms. The van der Waals surface area contributed by atoms with Crippen molar-refractivity contribution in [3.63, 3.8) is 0 Å². The standard InChI is InChI=1S/C15H24FNO2S/c1-6-13(7-2)12(5)17-20(18,19)15-10(3)8-14(16)9-11(15)4/h8-9,12-13,17H,6-7H2,1-5H3. The zero-order chi connectivity index (χ0) is 15.5. The minimum Gasteiger partial charge on any atom is -0.208 e. The Balaban J connectivity index is 3.12. The largest absolute Gasteiger partial charge is 0.241 e. The number of sulfonamides is 1. The second kappa shape index (κ2) is 6.68. The van der Waals surface area contributed by atoms with Crippen LogP contribution >= 0.6 is 0 Å². The Morgan fingerprint density at radius 2 is 1.60 bits per heavy atom. The predicted octanol–water partition coefficient (Wildman–Crippen LogP) is 3.55. The molecule has 1 rings (SSSR count). The number of nitrogens with one attached hydrogen (secondary N) is 1. The Bertz CT molecular complexity index is 542. The van der Waals surface area contributed by atoms with Crippen molar-refractivity contribution in [3.05, 3.63) is 29.1 Å². The first-order valence-corrected chi connectivity index (χ1v) is 8.50. The molecule has 0 amide bonds. The molecule has 20 heavy (non-hydrogen) atoms. The van der Waals surface area contributed by atoms with Crippen LogP contribution in [-0.2, 0) is 10.0 Å². The molecular formula is C15H24FNO2S. The summed E-state index contributed by atoms with van der Waals surface area (Å²) in [6.45, 7) is 9.21. The molecule has 0 spiro atoms. The van der Waals surface area contributed by atoms with Crippen LogP contribution in [0.4, 0.5) is 4.39 Å². The number of hydrogen-bond donors (Lipinski definition) is 1. The van der Waals surface area contributed by atoms with Crippen LogP contribution in [0.2, 0.25) is 0 Å². The van der Waals surface area contributed by atoms with Gasteiger partial charge in [0.15, 0.2) is 0 Å². The molecule has 1 aromatic carbocycles. The fourth-order valence-electron chi connectivity index (χ4n) is 2.72. The van der Waals surface area contributed by atoms with Crippen LogP contribution in [0.15, 0.2) is 17.0 Å². The first kappa shape index (κ1) is 17.1. The van der Waals surface area contributed by atoms with Gasteiger partial charge in [0.25, 0.3) is 0 Å². The van der Waals surface area contributed by atoms with E-state index in [0.717, 1.165) is 12.8 Å². The van der Waals surface area contributed by atoms with E-state index in [4.69, 9.17) is 0 Å². The van der Waals surface area contributed by atoms with Crippen molar-refractivity contribution in [2.24, 2.45) is 5.92 Å². The summed E-state index contributed by atoms with van der Waals surface area (Å²) in [4.78, 5) is 0.191. The zero-order valence-electron chi connectivity index (χ0n) is 12.8. The summed E-state index contributed by atoms with van der Waals surface area (Å²) >= 11 is 0. The minimum atomic E-state index is -3.62. The van der Waals surface area contributed by atoms with Gasteiger partial charge in [-0.15, -0.1) is 0 Å². The maximum absolute atomic E-state index is 13.3. The van der Waals surface area contributed by atoms with E-state index < -0.39 is 15.8 Å². The van der Waals surface area contributed by atoms with E-state index in [-0.39, 0.29) is 10.9 Å². The van der Waals surface area contributed by atoms with Crippen LogP contribution in [0, 0.1) is 25.6 Å². The van der Waals surface area contributed by atoms with Gasteiger partial charge in [-0.05, 0) is 49.9 Å². The SMILES string of the molecule is CCC(CC)C(C)NS(=O)(=O)c1c(C)cc(F)cc1C. The molecule has 0 aromatic heterocycles. The minimum absolute atomic E-state index is 0.140. The third-order valence-electron chi connectivity index (χ3n) is 3.79. The Hall–Kier alpha value is -0.940. The number of rotatable bonds is 6. The smallest absolute Gasteiger partial charge is 0.208 e. The highest BCUT2D eigenvalue weighted by atomic mass is 32.2. The van der Waals surface area contributed by atoms with Crippen molar-refractivity contribution in [1.29, 1.82) is 0 Å². The molecule has 0 aliphatic heterocycles. The molecule has 0 aliphatic rings. The first-order valence-electron chi connectivity index (χ1n) is 7.02. The predicted molar refractivity (Wildman–Crippen MR) is 79.7 cm³/mol. The molecule has 3 nitrogen and oxygen atoms in total. The molecule has 114 valence electrons. The van der Waals surface area contributed by atoms with Crippen LogP contribution in [0.5, 0.6) is 0 Å². The average molecular weight is 301 g/mol. The molecule has 0 heterocycles. The lowest BCUT2D eigenvalue weighted by atomic mass is 9.96. The van der Waals surface area contributed by atoms with Gasteiger partial charge in [-0.1, -0.05) is 26.7 Å². The fraction of sp³-hybridized carbons (Fsp3) is 0.600. The molecule has 1 aromatic rings. The first-order chi connectivity index (χ1) is 9.22. The number of hydrogen-bond acceptors (Lipinski definition) is 2. The second-order valence-corrected chi connectivity index (χ2v) is 7.01. The molecule has 1 atom stereocenters. The van der Waals surface area contributed by atoms with Crippen LogP contribution in [0.25, 0.3) is 0 Å². The zero-order valence-corrected chi connectivity index (χ0v) is 13.6. The number of halogens is 1. The summed E-state index contributed by atoms with van der Waals surface area (Å²) in [7, 11) is -3.62. The molecule has 0 radical (unpaired) electrons. The average Bonchev–Trinajstić information content (AvgIpc) is 2.27. The van der Waals surface area contributed by atoms with Gasteiger partial charge in [-0.25, -0.2) is 17.5 Å². The molecule has 1 N–H and O–H groups in total. The Kier molecular flexibility index (Phi) is 5.71. The Morgan fingerprint density at radius 3 is 2.00 bits per heavy atom. The quantitative estimate of drug-likeness (QED) is 0.873. The highest BCUT2D eigenvalue weighted by Gasteiger charge is 2.25. The van der Waals surface area contributed by atoms with Crippen molar-refractivity contribution in [3.8, 4) is 0 Å². The van der Waals surface area contributed by atoms with Gasteiger partial charge in [0.2, 0.25) is 10.0 Å². The molecular weight excluding hydrogens is 277 g/mol. The lowest BCUT2D eigenvalue weighted by Gasteiger charge is -2.23. The van der Waals surface area contributed by atoms with Crippen molar-refractivity contribution in [1.82, 2.24) is 4.72 Å². The van der Waals surface area contributed by atoms with Crippen molar-refractivity contribution < 1.29 is 12.8 Å². The second-order valence-electron chi connectivity index (χ2n) is 5.36. The van der Waals surface area contributed by atoms with Crippen molar-refractivity contribution in [2.45, 2.75) is 58.4 Å². The monoisotopic (exact) mass is 301 g/mol. The van der Waals surface area contributed by atoms with E-state index in [9.17, 15) is 12.8 Å². The highest BCUT2D eigenvalue weighted by molar-refractivity contribution is 7.89. The summed E-state index contributed by atoms with van der Waals surface area (Å²) < 4.78 is 41.0. The van der Waals surface area contributed by atoms with Gasteiger partial charge in [0.1, 0.15) is 5.82 Å². The van der Waals surface area contributed by atoms with Gasteiger partial charge < -0.3 is 0 Å². The van der Waals surface area contributed by atoms with E-state index in [1.165, 1.54) is 12.1 Å². The molecule has 0 saturated carbocycles. The topological polar surface area (TPSA) is 46.2 Å². The summed E-state index contributed by atoms with van der Waals surface area (Å²) in [6.07, 6.45) is 1.84. The normalized spacial score (nSPS) is 13.8. The summed E-state index contributed by atoms with van der Waals surface area (Å²) in [6, 6.07) is 2.37. The van der Waals surface area contributed by atoms with Crippen LogP contribution in [0.3, 0.4) is 0 Å². The van der Waals surface area contributed by atoms with E-state index in [1.807, 2.05) is 20.8 Å². The lowest BCUT2D eigenvalue weighted by Crippen LogP contribution is -2.38. The van der Waals surface area contributed by atoms with Gasteiger partial charge in [-0.2, -0.15) is 0 Å². The fourth-order valence-corrected chi connectivity index (χ4v) is 4.48. The lowest BCUT2D eigenvalue weighted by molar-refractivity contribution is 0.390. The molecule has 0 aliphatic carbocycles. The van der Waals surface area contributed by atoms with Crippen LogP contribution in [0.1, 0.15) is 44.7 Å². The molecule has 0 saturated heterocycles. The Labute approximate surface area is 121 Å².